The monoisotopic (exact) mass is 754 g/mol. The van der Waals surface area contributed by atoms with Crippen molar-refractivity contribution in [2.45, 2.75) is 89.9 Å². The molecule has 7 aliphatic carbocycles. The smallest absolute Gasteiger partial charge is 0.0973 e. The Labute approximate surface area is 345 Å². The Hall–Kier alpha value is -5.08. The molecular weight excluding hydrogens is 701 g/mol. The molecular formula is C56H54N2. The van der Waals surface area contributed by atoms with Gasteiger partial charge in [0.2, 0.25) is 0 Å². The molecule has 58 heavy (non-hydrogen) atoms. The third-order valence-electron chi connectivity index (χ3n) is 16.6. The minimum atomic E-state index is 0.119. The van der Waals surface area contributed by atoms with Crippen molar-refractivity contribution in [1.82, 2.24) is 9.97 Å². The van der Waals surface area contributed by atoms with Crippen molar-refractivity contribution in [2.24, 2.45) is 34.5 Å². The Morgan fingerprint density at radius 3 is 1.95 bits per heavy atom. The molecule has 5 atom stereocenters. The lowest BCUT2D eigenvalue weighted by atomic mass is 9.63. The fourth-order valence-electron chi connectivity index (χ4n) is 14.0. The third-order valence-corrected chi connectivity index (χ3v) is 16.6. The van der Waals surface area contributed by atoms with Gasteiger partial charge in [-0.05, 0) is 118 Å². The van der Waals surface area contributed by atoms with E-state index in [4.69, 9.17) is 9.97 Å². The highest BCUT2D eigenvalue weighted by atomic mass is 14.9. The molecule has 0 bridgehead atoms. The van der Waals surface area contributed by atoms with Crippen LogP contribution in [-0.2, 0) is 5.41 Å². The van der Waals surface area contributed by atoms with Gasteiger partial charge in [-0.2, -0.15) is 0 Å². The zero-order valence-electron chi connectivity index (χ0n) is 34.2. The van der Waals surface area contributed by atoms with E-state index in [-0.39, 0.29) is 5.41 Å². The van der Waals surface area contributed by atoms with Gasteiger partial charge in [-0.3, -0.25) is 0 Å². The van der Waals surface area contributed by atoms with E-state index in [9.17, 15) is 0 Å². The molecule has 2 heteroatoms. The molecule has 4 fully saturated rings. The van der Waals surface area contributed by atoms with Crippen molar-refractivity contribution in [3.05, 3.63) is 156 Å². The van der Waals surface area contributed by atoms with E-state index in [0.29, 0.717) is 22.7 Å². The summed E-state index contributed by atoms with van der Waals surface area (Å²) < 4.78 is 0. The molecule has 4 saturated carbocycles. The van der Waals surface area contributed by atoms with Crippen LogP contribution in [0.4, 0.5) is 0 Å². The molecule has 5 unspecified atom stereocenters. The molecule has 12 rings (SSSR count). The molecule has 0 saturated heterocycles. The SMILES string of the molecule is CC1(C)C2C=C3C(=CC2C2CCCC4CC421)C1(CCCCC1)c1c3cccc1-c1ccc(-c2nc(-c3ccccc3)c(-c3ccccc3)nc2C2=CCCC=C2)cc1. The quantitative estimate of drug-likeness (QED) is 0.179. The lowest BCUT2D eigenvalue weighted by molar-refractivity contribution is 0.118. The Kier molecular flexibility index (Phi) is 7.80. The lowest BCUT2D eigenvalue weighted by Crippen LogP contribution is -2.32. The Morgan fingerprint density at radius 1 is 0.586 bits per heavy atom. The van der Waals surface area contributed by atoms with Gasteiger partial charge in [-0.1, -0.05) is 173 Å². The molecule has 4 aromatic carbocycles. The average molecular weight is 755 g/mol. The normalized spacial score (nSPS) is 28.0. The van der Waals surface area contributed by atoms with E-state index in [0.717, 1.165) is 69.7 Å². The van der Waals surface area contributed by atoms with Gasteiger partial charge in [0, 0.05) is 22.1 Å². The van der Waals surface area contributed by atoms with Crippen LogP contribution >= 0.6 is 0 Å². The van der Waals surface area contributed by atoms with Gasteiger partial charge in [-0.25, -0.2) is 9.97 Å². The summed E-state index contributed by atoms with van der Waals surface area (Å²) in [6, 6.07) is 37.8. The number of allylic oxidation sites excluding steroid dienone is 8. The summed E-state index contributed by atoms with van der Waals surface area (Å²) >= 11 is 0. The number of benzene rings is 4. The number of nitrogens with zero attached hydrogens (tertiary/aromatic N) is 2. The van der Waals surface area contributed by atoms with Crippen LogP contribution in [0, 0.1) is 34.5 Å². The highest BCUT2D eigenvalue weighted by Crippen LogP contribution is 2.82. The molecule has 1 aromatic heterocycles. The van der Waals surface area contributed by atoms with Crippen molar-refractivity contribution in [2.75, 3.05) is 0 Å². The van der Waals surface area contributed by atoms with Crippen LogP contribution in [0.3, 0.4) is 0 Å². The van der Waals surface area contributed by atoms with E-state index in [1.807, 2.05) is 0 Å². The van der Waals surface area contributed by atoms with E-state index in [1.165, 1.54) is 74.5 Å². The standard InChI is InChI=1S/C56H54N2/c1-54(2)47-33-44-43-25-16-24-42(49(43)55(31-13-6-14-32-55)48(44)34-45(47)46-26-15-23-41-35-56(41,46)54)36-27-29-40(30-28-36)53-52(39-21-11-5-12-22-39)57-50(37-17-7-3-8-18-37)51(58-53)38-19-9-4-10-20-38/h3-4,7-11,16-22,24-25,27-30,33-34,41,45-47H,5-6,12-15,23,26,31-32,35H2,1-2H3. The van der Waals surface area contributed by atoms with Gasteiger partial charge in [-0.15, -0.1) is 0 Å². The predicted molar refractivity (Wildman–Crippen MR) is 240 cm³/mol. The number of fused-ring (bicyclic) bond motifs is 7. The van der Waals surface area contributed by atoms with Crippen molar-refractivity contribution in [3.63, 3.8) is 0 Å². The predicted octanol–water partition coefficient (Wildman–Crippen LogP) is 14.5. The maximum Gasteiger partial charge on any atom is 0.0973 e. The van der Waals surface area contributed by atoms with E-state index < -0.39 is 0 Å². The van der Waals surface area contributed by atoms with Crippen LogP contribution in [0.2, 0.25) is 0 Å². The van der Waals surface area contributed by atoms with Crippen LogP contribution in [0.25, 0.3) is 56.0 Å². The van der Waals surface area contributed by atoms with Crippen molar-refractivity contribution >= 4 is 11.1 Å². The van der Waals surface area contributed by atoms with Crippen LogP contribution in [0.15, 0.2) is 139 Å². The summed E-state index contributed by atoms with van der Waals surface area (Å²) in [6.07, 6.45) is 27.1. The summed E-state index contributed by atoms with van der Waals surface area (Å²) in [5.41, 5.74) is 18.4. The van der Waals surface area contributed by atoms with Crippen LogP contribution in [0.1, 0.15) is 101 Å². The van der Waals surface area contributed by atoms with Gasteiger partial charge in [0.25, 0.3) is 0 Å². The molecule has 5 aromatic rings. The van der Waals surface area contributed by atoms with Crippen LogP contribution < -0.4 is 0 Å². The Balaban J connectivity index is 0.992. The zero-order valence-corrected chi connectivity index (χ0v) is 34.2. The lowest BCUT2D eigenvalue weighted by Gasteiger charge is -2.40. The summed E-state index contributed by atoms with van der Waals surface area (Å²) in [5.74, 6) is 3.18. The first kappa shape index (κ1) is 34.9. The molecule has 2 nitrogen and oxygen atoms in total. The van der Waals surface area contributed by atoms with Gasteiger partial charge in [0.15, 0.2) is 0 Å². The first-order valence-electron chi connectivity index (χ1n) is 22.6. The average Bonchev–Trinajstić information content (AvgIpc) is 3.97. The maximum atomic E-state index is 5.57. The topological polar surface area (TPSA) is 25.8 Å². The van der Waals surface area contributed by atoms with Gasteiger partial charge in [0.1, 0.15) is 0 Å². The second-order valence-electron chi connectivity index (χ2n) is 19.4. The minimum absolute atomic E-state index is 0.119. The third kappa shape index (κ3) is 4.90. The Bertz CT molecular complexity index is 2580. The summed E-state index contributed by atoms with van der Waals surface area (Å²) in [5, 5.41) is 0. The summed E-state index contributed by atoms with van der Waals surface area (Å²) in [7, 11) is 0. The van der Waals surface area contributed by atoms with Crippen LogP contribution in [-0.4, -0.2) is 9.97 Å². The first-order valence-corrected chi connectivity index (χ1v) is 22.6. The maximum absolute atomic E-state index is 5.57. The molecule has 7 aliphatic rings. The van der Waals surface area contributed by atoms with E-state index in [1.54, 1.807) is 16.7 Å². The number of aromatic nitrogens is 2. The molecule has 1 heterocycles. The van der Waals surface area contributed by atoms with E-state index >= 15 is 0 Å². The molecule has 0 N–H and O–H groups in total. The van der Waals surface area contributed by atoms with Crippen LogP contribution in [0.5, 0.6) is 0 Å². The largest absolute Gasteiger partial charge is 0.243 e. The molecule has 0 aliphatic heterocycles. The van der Waals surface area contributed by atoms with Crippen molar-refractivity contribution in [1.29, 1.82) is 0 Å². The molecule has 288 valence electrons. The van der Waals surface area contributed by atoms with Gasteiger partial charge in [0.05, 0.1) is 22.8 Å². The second kappa shape index (κ2) is 13.0. The second-order valence-corrected chi connectivity index (χ2v) is 19.4. The number of rotatable bonds is 5. The van der Waals surface area contributed by atoms with Gasteiger partial charge >= 0.3 is 0 Å². The Morgan fingerprint density at radius 2 is 1.24 bits per heavy atom. The number of hydrogen-bond donors (Lipinski definition) is 0. The fourth-order valence-corrected chi connectivity index (χ4v) is 14.0. The molecule has 0 amide bonds. The highest BCUT2D eigenvalue weighted by molar-refractivity contribution is 5.96. The molecule has 2 spiro atoms. The fraction of sp³-hybridized carbons (Fsp3) is 0.357. The summed E-state index contributed by atoms with van der Waals surface area (Å²) in [4.78, 5) is 11.1. The summed E-state index contributed by atoms with van der Waals surface area (Å²) in [6.45, 7) is 5.32. The van der Waals surface area contributed by atoms with Crippen molar-refractivity contribution < 1.29 is 0 Å². The van der Waals surface area contributed by atoms with E-state index in [2.05, 4.69) is 147 Å². The minimum Gasteiger partial charge on any atom is -0.243 e. The van der Waals surface area contributed by atoms with Gasteiger partial charge < -0.3 is 0 Å². The highest BCUT2D eigenvalue weighted by Gasteiger charge is 2.75. The van der Waals surface area contributed by atoms with Crippen molar-refractivity contribution in [3.8, 4) is 44.9 Å². The zero-order chi connectivity index (χ0) is 38.6. The molecule has 0 radical (unpaired) electrons. The first-order chi connectivity index (χ1) is 28.5. The number of hydrogen-bond acceptors (Lipinski definition) is 2.